The number of nitriles is 1. The average molecular weight is 640 g/mol. The van der Waals surface area contributed by atoms with Crippen LogP contribution in [0.1, 0.15) is 66.7 Å². The largest absolute Gasteiger partial charge is 0.459 e. The normalized spacial score (nSPS) is 16.2. The van der Waals surface area contributed by atoms with Crippen LogP contribution in [-0.4, -0.2) is 69.9 Å². The second kappa shape index (κ2) is 13.5. The minimum absolute atomic E-state index is 0.0220. The first-order chi connectivity index (χ1) is 20.7. The molecule has 0 bridgehead atoms. The van der Waals surface area contributed by atoms with Crippen LogP contribution in [0, 0.1) is 17.2 Å². The summed E-state index contributed by atoms with van der Waals surface area (Å²) in [6, 6.07) is 11.1. The number of aromatic nitrogens is 1. The van der Waals surface area contributed by atoms with Crippen molar-refractivity contribution in [2.75, 3.05) is 24.5 Å². The lowest BCUT2D eigenvalue weighted by atomic mass is 9.96. The number of ether oxygens (including phenoxy) is 1. The van der Waals surface area contributed by atoms with Gasteiger partial charge < -0.3 is 14.5 Å². The number of piperidine rings is 1. The van der Waals surface area contributed by atoms with Gasteiger partial charge in [-0.05, 0) is 44.7 Å². The van der Waals surface area contributed by atoms with Crippen molar-refractivity contribution < 1.29 is 27.5 Å². The van der Waals surface area contributed by atoms with Crippen LogP contribution < -0.4 is 14.8 Å². The number of anilines is 1. The minimum atomic E-state index is -3.88. The molecule has 1 aromatic carbocycles. The van der Waals surface area contributed by atoms with Crippen molar-refractivity contribution in [1.29, 1.82) is 5.26 Å². The van der Waals surface area contributed by atoms with E-state index < -0.39 is 35.9 Å². The fraction of sp³-hybridized carbons (Fsp3) is 0.516. The Morgan fingerprint density at radius 1 is 1.14 bits per heavy atom. The van der Waals surface area contributed by atoms with Gasteiger partial charge in [-0.2, -0.15) is 5.26 Å². The molecule has 0 atom stereocenters. The summed E-state index contributed by atoms with van der Waals surface area (Å²) in [4.78, 5) is 46.4. The molecule has 13 heteroatoms. The predicted molar refractivity (Wildman–Crippen MR) is 169 cm³/mol. The fourth-order valence-electron chi connectivity index (χ4n) is 5.44. The summed E-state index contributed by atoms with van der Waals surface area (Å²) in [7, 11) is -5.39. The smallest absolute Gasteiger partial charge is 0.340 e. The molecule has 2 saturated heterocycles. The molecule has 2 amide bonds. The van der Waals surface area contributed by atoms with E-state index in [1.54, 1.807) is 30.9 Å². The van der Waals surface area contributed by atoms with Crippen molar-refractivity contribution in [2.45, 2.75) is 77.6 Å². The third-order valence-corrected chi connectivity index (χ3v) is 11.2. The van der Waals surface area contributed by atoms with E-state index in [0.29, 0.717) is 56.0 Å². The topological polar surface area (TPSA) is 150 Å². The number of pyridine rings is 1. The number of hydrogen-bond acceptors (Lipinski definition) is 9. The lowest BCUT2D eigenvalue weighted by molar-refractivity contribution is -0.128. The second-order valence-electron chi connectivity index (χ2n) is 12.8. The zero-order valence-corrected chi connectivity index (χ0v) is 27.9. The summed E-state index contributed by atoms with van der Waals surface area (Å²) >= 11 is 0. The zero-order chi connectivity index (χ0) is 32.2. The Morgan fingerprint density at radius 2 is 1.80 bits per heavy atom. The van der Waals surface area contributed by atoms with E-state index in [9.17, 15) is 28.1 Å². The predicted octanol–water partition coefficient (Wildman–Crippen LogP) is 3.05. The third-order valence-electron chi connectivity index (χ3n) is 7.87. The molecule has 0 aliphatic carbocycles. The molecular formula is C31H41N5O6SSi. The SMILES string of the molecule is CC(C)OC(=O)c1cc(C#N)c(N2CCC(C(=O)NS(=O)(=O)Cc3ccc([Si](C)(C)C)cc3)CC2)nc1CN1CCCC1=O. The lowest BCUT2D eigenvalue weighted by Crippen LogP contribution is -2.43. The van der Waals surface area contributed by atoms with E-state index in [4.69, 9.17) is 9.72 Å². The number of sulfonamides is 1. The molecule has 44 heavy (non-hydrogen) atoms. The van der Waals surface area contributed by atoms with E-state index in [2.05, 4.69) is 30.4 Å². The van der Waals surface area contributed by atoms with E-state index in [-0.39, 0.29) is 35.4 Å². The second-order valence-corrected chi connectivity index (χ2v) is 19.6. The van der Waals surface area contributed by atoms with Crippen LogP contribution in [0.25, 0.3) is 0 Å². The molecule has 4 rings (SSSR count). The van der Waals surface area contributed by atoms with Gasteiger partial charge in [0.05, 0.1) is 43.3 Å². The Morgan fingerprint density at radius 3 is 2.34 bits per heavy atom. The van der Waals surface area contributed by atoms with Crippen LogP contribution in [0.4, 0.5) is 5.82 Å². The van der Waals surface area contributed by atoms with Gasteiger partial charge in [-0.15, -0.1) is 0 Å². The molecule has 1 N–H and O–H groups in total. The Kier molecular flexibility index (Phi) is 10.2. The van der Waals surface area contributed by atoms with Gasteiger partial charge in [0.15, 0.2) is 0 Å². The number of rotatable bonds is 10. The van der Waals surface area contributed by atoms with E-state index in [1.807, 2.05) is 17.0 Å². The maximum absolute atomic E-state index is 13.0. The standard InChI is InChI=1S/C31H41N5O6SSi/c1-21(2)42-31(39)26-17-24(18-32)29(33-27(26)19-36-14-6-7-28(36)37)35-15-12-23(13-16-35)30(38)34-43(40,41)20-22-8-10-25(11-9-22)44(3,4)5/h8-11,17,21,23H,6-7,12-16,19-20H2,1-5H3,(H,34,38). The molecule has 0 saturated carbocycles. The number of nitrogens with one attached hydrogen (secondary N) is 1. The number of carbonyl (C=O) groups is 3. The van der Waals surface area contributed by atoms with Crippen LogP contribution >= 0.6 is 0 Å². The van der Waals surface area contributed by atoms with Crippen LogP contribution in [0.15, 0.2) is 30.3 Å². The summed E-state index contributed by atoms with van der Waals surface area (Å²) in [5.74, 6) is -1.62. The Hall–Kier alpha value is -3.76. The van der Waals surface area contributed by atoms with Crippen molar-refractivity contribution >= 4 is 46.9 Å². The van der Waals surface area contributed by atoms with Gasteiger partial charge in [-0.3, -0.25) is 14.3 Å². The maximum Gasteiger partial charge on any atom is 0.340 e. The van der Waals surface area contributed by atoms with Crippen LogP contribution in [0.5, 0.6) is 0 Å². The van der Waals surface area contributed by atoms with Gasteiger partial charge in [0.2, 0.25) is 21.8 Å². The first-order valence-electron chi connectivity index (χ1n) is 15.0. The van der Waals surface area contributed by atoms with Crippen molar-refractivity contribution in [2.24, 2.45) is 5.92 Å². The summed E-state index contributed by atoms with van der Waals surface area (Å²) in [5, 5.41) is 11.2. The molecule has 2 fully saturated rings. The summed E-state index contributed by atoms with van der Waals surface area (Å²) in [5.41, 5.74) is 1.30. The number of nitrogens with zero attached hydrogens (tertiary/aromatic N) is 4. The number of benzene rings is 1. The highest BCUT2D eigenvalue weighted by molar-refractivity contribution is 7.89. The molecule has 236 valence electrons. The Bertz CT molecular complexity index is 1560. The van der Waals surface area contributed by atoms with Gasteiger partial charge in [0.1, 0.15) is 11.9 Å². The Labute approximate surface area is 260 Å². The number of amides is 2. The molecule has 3 heterocycles. The van der Waals surface area contributed by atoms with Gasteiger partial charge >= 0.3 is 5.97 Å². The molecular weight excluding hydrogens is 599 g/mol. The molecule has 0 spiro atoms. The highest BCUT2D eigenvalue weighted by atomic mass is 32.2. The average Bonchev–Trinajstić information content (AvgIpc) is 3.35. The van der Waals surface area contributed by atoms with Gasteiger partial charge in [-0.25, -0.2) is 18.2 Å². The Balaban J connectivity index is 1.45. The van der Waals surface area contributed by atoms with Gasteiger partial charge in [0, 0.05) is 32.0 Å². The van der Waals surface area contributed by atoms with Gasteiger partial charge in [0.25, 0.3) is 0 Å². The maximum atomic E-state index is 13.0. The first-order valence-corrected chi connectivity index (χ1v) is 20.1. The molecule has 2 aliphatic rings. The van der Waals surface area contributed by atoms with Gasteiger partial charge in [-0.1, -0.05) is 49.1 Å². The number of hydrogen-bond donors (Lipinski definition) is 1. The molecule has 2 aromatic rings. The molecule has 2 aliphatic heterocycles. The highest BCUT2D eigenvalue weighted by Gasteiger charge is 2.31. The summed E-state index contributed by atoms with van der Waals surface area (Å²) in [6.45, 7) is 11.5. The van der Waals surface area contributed by atoms with Crippen LogP contribution in [0.2, 0.25) is 19.6 Å². The van der Waals surface area contributed by atoms with Crippen molar-refractivity contribution in [3.63, 3.8) is 0 Å². The van der Waals surface area contributed by atoms with Crippen molar-refractivity contribution in [3.8, 4) is 6.07 Å². The zero-order valence-electron chi connectivity index (χ0n) is 26.1. The van der Waals surface area contributed by atoms with E-state index in [1.165, 1.54) is 11.3 Å². The fourth-order valence-corrected chi connectivity index (χ4v) is 7.78. The van der Waals surface area contributed by atoms with Crippen LogP contribution in [-0.2, 0) is 36.6 Å². The lowest BCUT2D eigenvalue weighted by Gasteiger charge is -2.33. The van der Waals surface area contributed by atoms with Crippen molar-refractivity contribution in [1.82, 2.24) is 14.6 Å². The summed E-state index contributed by atoms with van der Waals surface area (Å²) in [6.07, 6.45) is 1.50. The molecule has 11 nitrogen and oxygen atoms in total. The first kappa shape index (κ1) is 33.1. The number of esters is 1. The van der Waals surface area contributed by atoms with E-state index >= 15 is 0 Å². The number of carbonyl (C=O) groups excluding carboxylic acids is 3. The highest BCUT2D eigenvalue weighted by Crippen LogP contribution is 2.28. The summed E-state index contributed by atoms with van der Waals surface area (Å²) < 4.78 is 33.3. The molecule has 1 aromatic heterocycles. The monoisotopic (exact) mass is 639 g/mol. The molecule has 0 radical (unpaired) electrons. The molecule has 0 unspecified atom stereocenters. The quantitative estimate of drug-likeness (QED) is 0.306. The third kappa shape index (κ3) is 8.24. The van der Waals surface area contributed by atoms with E-state index in [0.717, 1.165) is 6.42 Å². The number of likely N-dealkylation sites (tertiary alicyclic amines) is 1. The van der Waals surface area contributed by atoms with Crippen LogP contribution in [0.3, 0.4) is 0 Å². The minimum Gasteiger partial charge on any atom is -0.459 e. The van der Waals surface area contributed by atoms with Crippen molar-refractivity contribution in [3.05, 3.63) is 52.7 Å².